The molecule has 0 spiro atoms. The normalized spacial score (nSPS) is 37.4. The molecule has 1 aromatic rings. The summed E-state index contributed by atoms with van der Waals surface area (Å²) in [5, 5.41) is 3.14. The lowest BCUT2D eigenvalue weighted by atomic mass is 9.54. The Morgan fingerprint density at radius 1 is 1.21 bits per heavy atom. The van der Waals surface area contributed by atoms with E-state index < -0.39 is 0 Å². The van der Waals surface area contributed by atoms with Crippen molar-refractivity contribution in [3.05, 3.63) is 34.2 Å². The fraction of sp³-hybridized carbons (Fsp3) is 0.727. The summed E-state index contributed by atoms with van der Waals surface area (Å²) in [7, 11) is 0. The maximum absolute atomic E-state index is 10.8. The minimum absolute atomic E-state index is 0.595. The molecule has 0 N–H and O–H groups in total. The molecule has 2 heteroatoms. The van der Waals surface area contributed by atoms with E-state index in [4.69, 9.17) is 0 Å². The minimum Gasteiger partial charge on any atom is -0.145 e. The average molecular weight is 325 g/mol. The van der Waals surface area contributed by atoms with Crippen LogP contribution in [0.2, 0.25) is 0 Å². The lowest BCUT2D eigenvalue weighted by Crippen LogP contribution is -2.42. The number of nitroso groups, excluding NO2 is 1. The Morgan fingerprint density at radius 2 is 2.08 bits per heavy atom. The molecule has 0 bridgehead atoms. The summed E-state index contributed by atoms with van der Waals surface area (Å²) in [5.74, 6) is 3.50. The van der Waals surface area contributed by atoms with Crippen LogP contribution in [0.15, 0.2) is 23.4 Å². The van der Waals surface area contributed by atoms with E-state index in [1.807, 2.05) is 12.1 Å². The third-order valence-corrected chi connectivity index (χ3v) is 7.92. The van der Waals surface area contributed by atoms with Crippen molar-refractivity contribution >= 4 is 5.69 Å². The lowest BCUT2D eigenvalue weighted by molar-refractivity contribution is 0.0253. The minimum atomic E-state index is 0.595. The number of nitrogens with zero attached hydrogens (tertiary/aromatic N) is 1. The topological polar surface area (TPSA) is 29.4 Å². The zero-order chi connectivity index (χ0) is 16.7. The molecular formula is C22H31NO. The summed E-state index contributed by atoms with van der Waals surface area (Å²) >= 11 is 0. The van der Waals surface area contributed by atoms with E-state index in [0.717, 1.165) is 30.1 Å². The molecule has 2 saturated carbocycles. The monoisotopic (exact) mass is 325 g/mol. The first kappa shape index (κ1) is 16.3. The Bertz CT molecular complexity index is 624. The molecule has 3 aliphatic carbocycles. The second-order valence-corrected chi connectivity index (χ2v) is 8.85. The van der Waals surface area contributed by atoms with E-state index in [2.05, 4.69) is 25.1 Å². The first-order valence-electron chi connectivity index (χ1n) is 10.1. The van der Waals surface area contributed by atoms with Gasteiger partial charge in [0.15, 0.2) is 0 Å². The smallest absolute Gasteiger partial charge is 0.108 e. The van der Waals surface area contributed by atoms with Gasteiger partial charge in [-0.15, -0.1) is 4.91 Å². The summed E-state index contributed by atoms with van der Waals surface area (Å²) in [6.45, 7) is 4.95. The molecule has 130 valence electrons. The van der Waals surface area contributed by atoms with Crippen LogP contribution in [0.5, 0.6) is 0 Å². The molecule has 3 aliphatic rings. The van der Waals surface area contributed by atoms with Gasteiger partial charge >= 0.3 is 0 Å². The van der Waals surface area contributed by atoms with Gasteiger partial charge in [-0.1, -0.05) is 32.8 Å². The van der Waals surface area contributed by atoms with Crippen LogP contribution in [-0.4, -0.2) is 0 Å². The highest BCUT2D eigenvalue weighted by Gasteiger charge is 2.54. The second-order valence-electron chi connectivity index (χ2n) is 8.85. The molecular weight excluding hydrogens is 294 g/mol. The third-order valence-electron chi connectivity index (χ3n) is 7.92. The van der Waals surface area contributed by atoms with E-state index in [-0.39, 0.29) is 0 Å². The molecule has 1 aromatic carbocycles. The maximum atomic E-state index is 10.8. The van der Waals surface area contributed by atoms with Gasteiger partial charge in [-0.05, 0) is 102 Å². The molecule has 5 atom stereocenters. The highest BCUT2D eigenvalue weighted by atomic mass is 16.3. The number of rotatable bonds is 4. The van der Waals surface area contributed by atoms with Gasteiger partial charge in [-0.2, -0.15) is 0 Å². The van der Waals surface area contributed by atoms with Gasteiger partial charge in [-0.25, -0.2) is 0 Å². The van der Waals surface area contributed by atoms with Crippen molar-refractivity contribution < 1.29 is 0 Å². The van der Waals surface area contributed by atoms with Gasteiger partial charge in [0.25, 0.3) is 0 Å². The second kappa shape index (κ2) is 6.28. The molecule has 0 saturated heterocycles. The number of hydrogen-bond acceptors (Lipinski definition) is 2. The number of aryl methyl sites for hydroxylation is 1. The summed E-state index contributed by atoms with van der Waals surface area (Å²) in [4.78, 5) is 10.8. The van der Waals surface area contributed by atoms with Crippen LogP contribution in [0.25, 0.3) is 0 Å². The number of unbranched alkanes of at least 4 members (excludes halogenated alkanes) is 1. The Labute approximate surface area is 146 Å². The lowest BCUT2D eigenvalue weighted by Gasteiger charge is -2.51. The first-order valence-corrected chi connectivity index (χ1v) is 10.1. The van der Waals surface area contributed by atoms with Gasteiger partial charge in [-0.3, -0.25) is 0 Å². The van der Waals surface area contributed by atoms with E-state index in [0.29, 0.717) is 11.1 Å². The third kappa shape index (κ3) is 2.45. The number of benzene rings is 1. The fourth-order valence-corrected chi connectivity index (χ4v) is 6.66. The number of fused-ring (bicyclic) bond motifs is 5. The Kier molecular flexibility index (Phi) is 4.26. The quantitative estimate of drug-likeness (QED) is 0.563. The van der Waals surface area contributed by atoms with E-state index in [9.17, 15) is 4.91 Å². The number of hydrogen-bond donors (Lipinski definition) is 0. The zero-order valence-corrected chi connectivity index (χ0v) is 15.3. The van der Waals surface area contributed by atoms with E-state index in [1.54, 1.807) is 0 Å². The van der Waals surface area contributed by atoms with Gasteiger partial charge in [0, 0.05) is 0 Å². The zero-order valence-electron chi connectivity index (χ0n) is 15.3. The fourth-order valence-electron chi connectivity index (χ4n) is 6.66. The highest BCUT2D eigenvalue weighted by Crippen LogP contribution is 2.63. The van der Waals surface area contributed by atoms with Crippen molar-refractivity contribution in [2.75, 3.05) is 0 Å². The summed E-state index contributed by atoms with van der Waals surface area (Å²) in [6.07, 6.45) is 12.3. The van der Waals surface area contributed by atoms with Crippen molar-refractivity contribution in [1.82, 2.24) is 0 Å². The molecule has 0 radical (unpaired) electrons. The Balaban J connectivity index is 1.59. The molecule has 4 rings (SSSR count). The van der Waals surface area contributed by atoms with Crippen LogP contribution in [0.3, 0.4) is 0 Å². The molecule has 4 unspecified atom stereocenters. The van der Waals surface area contributed by atoms with Crippen LogP contribution < -0.4 is 0 Å². The first-order chi connectivity index (χ1) is 11.7. The van der Waals surface area contributed by atoms with Crippen molar-refractivity contribution in [2.45, 2.75) is 77.6 Å². The standard InChI is InChI=1S/C22H31NO/c1-3-4-5-16-7-11-21-20-9-6-15-14-17(23-24)8-10-18(15)19(20)12-13-22(16,21)2/h8,10,14,16,19-21H,3-7,9,11-13H2,1-2H3/t16-,19?,20?,21?,22?/m0/s1. The van der Waals surface area contributed by atoms with Gasteiger partial charge in [0.05, 0.1) is 0 Å². The molecule has 0 aliphatic heterocycles. The predicted molar refractivity (Wildman–Crippen MR) is 99.5 cm³/mol. The maximum Gasteiger partial charge on any atom is 0.108 e. The van der Waals surface area contributed by atoms with Crippen LogP contribution in [0.4, 0.5) is 5.69 Å². The molecule has 2 nitrogen and oxygen atoms in total. The summed E-state index contributed by atoms with van der Waals surface area (Å²) in [6, 6.07) is 6.20. The summed E-state index contributed by atoms with van der Waals surface area (Å²) in [5.41, 5.74) is 4.14. The van der Waals surface area contributed by atoms with E-state index in [1.165, 1.54) is 62.5 Å². The molecule has 2 fully saturated rings. The largest absolute Gasteiger partial charge is 0.145 e. The highest BCUT2D eigenvalue weighted by molar-refractivity contribution is 5.47. The van der Waals surface area contributed by atoms with Crippen LogP contribution in [0, 0.1) is 28.1 Å². The van der Waals surface area contributed by atoms with Crippen molar-refractivity contribution in [3.8, 4) is 0 Å². The molecule has 0 heterocycles. The van der Waals surface area contributed by atoms with Crippen LogP contribution in [-0.2, 0) is 6.42 Å². The van der Waals surface area contributed by atoms with Gasteiger partial charge < -0.3 is 0 Å². The predicted octanol–water partition coefficient (Wildman–Crippen LogP) is 6.75. The van der Waals surface area contributed by atoms with Crippen LogP contribution in [0.1, 0.15) is 82.3 Å². The molecule has 0 amide bonds. The van der Waals surface area contributed by atoms with Gasteiger partial charge in [0.2, 0.25) is 0 Å². The van der Waals surface area contributed by atoms with E-state index >= 15 is 0 Å². The average Bonchev–Trinajstić information content (AvgIpc) is 2.95. The molecule has 0 aromatic heterocycles. The Hall–Kier alpha value is -1.18. The molecule has 24 heavy (non-hydrogen) atoms. The van der Waals surface area contributed by atoms with Crippen molar-refractivity contribution in [3.63, 3.8) is 0 Å². The van der Waals surface area contributed by atoms with Crippen molar-refractivity contribution in [1.29, 1.82) is 0 Å². The summed E-state index contributed by atoms with van der Waals surface area (Å²) < 4.78 is 0. The Morgan fingerprint density at radius 3 is 2.88 bits per heavy atom. The van der Waals surface area contributed by atoms with Gasteiger partial charge in [0.1, 0.15) is 5.69 Å². The van der Waals surface area contributed by atoms with Crippen molar-refractivity contribution in [2.24, 2.45) is 28.3 Å². The van der Waals surface area contributed by atoms with Crippen LogP contribution >= 0.6 is 0 Å². The SMILES string of the molecule is CCCC[C@H]1CCC2C3CCc4cc(N=O)ccc4C3CCC21C.